The van der Waals surface area contributed by atoms with Gasteiger partial charge in [0.2, 0.25) is 5.91 Å². The molecule has 1 saturated carbocycles. The molecule has 0 aromatic heterocycles. The Labute approximate surface area is 109 Å². The predicted molar refractivity (Wildman–Crippen MR) is 68.3 cm³/mol. The van der Waals surface area contributed by atoms with Crippen LogP contribution in [0, 0.1) is 23.7 Å². The van der Waals surface area contributed by atoms with Crippen LogP contribution in [0.2, 0.25) is 0 Å². The minimum atomic E-state index is -0.868. The van der Waals surface area contributed by atoms with Gasteiger partial charge in [-0.15, -0.1) is 0 Å². The van der Waals surface area contributed by atoms with Crippen LogP contribution >= 0.6 is 11.8 Å². The van der Waals surface area contributed by atoms with Crippen molar-refractivity contribution in [3.63, 3.8) is 0 Å². The molecule has 1 aliphatic heterocycles. The number of carboxylic acid groups (broad SMARTS) is 1. The third kappa shape index (κ3) is 1.84. The molecule has 3 rings (SSSR count). The van der Waals surface area contributed by atoms with E-state index in [1.54, 1.807) is 0 Å². The number of aliphatic carboxylic acids is 1. The fourth-order valence-corrected chi connectivity index (χ4v) is 3.85. The van der Waals surface area contributed by atoms with Crippen molar-refractivity contribution in [1.29, 1.82) is 0 Å². The van der Waals surface area contributed by atoms with E-state index in [2.05, 4.69) is 10.3 Å². The zero-order valence-electron chi connectivity index (χ0n) is 9.70. The molecular formula is C12H14N2O3S. The summed E-state index contributed by atoms with van der Waals surface area (Å²) in [6.07, 6.45) is 4.71. The number of fused-ring (bicyclic) bond motifs is 2. The highest BCUT2D eigenvalue weighted by molar-refractivity contribution is 8.14. The normalized spacial score (nSPS) is 36.8. The molecule has 5 nitrogen and oxygen atoms in total. The Hall–Kier alpha value is -1.30. The molecule has 1 fully saturated rings. The van der Waals surface area contributed by atoms with Crippen LogP contribution in [0.1, 0.15) is 6.42 Å². The number of nitrogens with zero attached hydrogens (tertiary/aromatic N) is 1. The van der Waals surface area contributed by atoms with Gasteiger partial charge >= 0.3 is 5.97 Å². The Morgan fingerprint density at radius 1 is 1.33 bits per heavy atom. The molecule has 0 radical (unpaired) electrons. The topological polar surface area (TPSA) is 78.8 Å². The second-order valence-electron chi connectivity index (χ2n) is 4.86. The summed E-state index contributed by atoms with van der Waals surface area (Å²) in [6, 6.07) is 0. The van der Waals surface area contributed by atoms with Gasteiger partial charge in [-0.1, -0.05) is 23.9 Å². The zero-order chi connectivity index (χ0) is 12.7. The third-order valence-electron chi connectivity index (χ3n) is 3.86. The summed E-state index contributed by atoms with van der Waals surface area (Å²) in [5.74, 6) is -1.10. The summed E-state index contributed by atoms with van der Waals surface area (Å²) in [6.45, 7) is 0.721. The van der Waals surface area contributed by atoms with Crippen molar-refractivity contribution in [2.75, 3.05) is 12.3 Å². The number of carboxylic acids is 1. The van der Waals surface area contributed by atoms with E-state index >= 15 is 0 Å². The molecule has 0 aromatic rings. The zero-order valence-corrected chi connectivity index (χ0v) is 10.5. The summed E-state index contributed by atoms with van der Waals surface area (Å²) in [7, 11) is 0. The van der Waals surface area contributed by atoms with Crippen molar-refractivity contribution < 1.29 is 14.7 Å². The van der Waals surface area contributed by atoms with Crippen LogP contribution in [0.15, 0.2) is 17.1 Å². The van der Waals surface area contributed by atoms with Gasteiger partial charge in [0.05, 0.1) is 18.4 Å². The van der Waals surface area contributed by atoms with Crippen LogP contribution in [0.3, 0.4) is 0 Å². The molecule has 6 heteroatoms. The lowest BCUT2D eigenvalue weighted by Crippen LogP contribution is -2.41. The second-order valence-corrected chi connectivity index (χ2v) is 5.95. The standard InChI is InChI=1S/C12H14N2O3S/c15-10(14-12-13-3-4-18-12)8-6-1-2-7(5-6)9(8)11(16)17/h1-2,6-9H,3-5H2,(H,16,17)(H,13,14,15). The number of amidine groups is 1. The lowest BCUT2D eigenvalue weighted by Gasteiger charge is -2.23. The number of thioether (sulfide) groups is 1. The lowest BCUT2D eigenvalue weighted by molar-refractivity contribution is -0.147. The van der Waals surface area contributed by atoms with E-state index in [1.807, 2.05) is 12.2 Å². The van der Waals surface area contributed by atoms with E-state index < -0.39 is 17.8 Å². The van der Waals surface area contributed by atoms with Crippen LogP contribution in [-0.2, 0) is 9.59 Å². The number of hydrogen-bond acceptors (Lipinski definition) is 4. The minimum Gasteiger partial charge on any atom is -0.481 e. The van der Waals surface area contributed by atoms with Gasteiger partial charge in [-0.05, 0) is 18.3 Å². The average Bonchev–Trinajstić information content (AvgIpc) is 3.03. The smallest absolute Gasteiger partial charge is 0.307 e. The highest BCUT2D eigenvalue weighted by atomic mass is 32.2. The van der Waals surface area contributed by atoms with E-state index in [1.165, 1.54) is 11.8 Å². The molecule has 1 heterocycles. The number of rotatable bonds is 2. The van der Waals surface area contributed by atoms with Crippen LogP contribution in [0.5, 0.6) is 0 Å². The Morgan fingerprint density at radius 3 is 2.67 bits per heavy atom. The summed E-state index contributed by atoms with van der Waals surface area (Å²) in [5.41, 5.74) is 0. The highest BCUT2D eigenvalue weighted by Gasteiger charge is 2.51. The summed E-state index contributed by atoms with van der Waals surface area (Å²) in [5, 5.41) is 12.7. The van der Waals surface area contributed by atoms with E-state index in [0.717, 1.165) is 18.7 Å². The van der Waals surface area contributed by atoms with E-state index in [9.17, 15) is 14.7 Å². The quantitative estimate of drug-likeness (QED) is 0.722. The van der Waals surface area contributed by atoms with Crippen molar-refractivity contribution >= 4 is 28.8 Å². The first-order chi connectivity index (χ1) is 8.66. The third-order valence-corrected chi connectivity index (χ3v) is 4.75. The van der Waals surface area contributed by atoms with Crippen LogP contribution < -0.4 is 5.32 Å². The van der Waals surface area contributed by atoms with Crippen molar-refractivity contribution in [3.8, 4) is 0 Å². The van der Waals surface area contributed by atoms with Gasteiger partial charge in [0, 0.05) is 5.75 Å². The fourth-order valence-electron chi connectivity index (χ4n) is 3.12. The molecule has 2 N–H and O–H groups in total. The van der Waals surface area contributed by atoms with Gasteiger partial charge in [0.15, 0.2) is 5.17 Å². The summed E-state index contributed by atoms with van der Waals surface area (Å²) in [4.78, 5) is 27.7. The Morgan fingerprint density at radius 2 is 2.06 bits per heavy atom. The number of aliphatic imine (C=N–C) groups is 1. The highest BCUT2D eigenvalue weighted by Crippen LogP contribution is 2.48. The summed E-state index contributed by atoms with van der Waals surface area (Å²) >= 11 is 1.51. The number of hydrogen-bond donors (Lipinski definition) is 2. The molecule has 96 valence electrons. The fraction of sp³-hybridized carbons (Fsp3) is 0.583. The van der Waals surface area contributed by atoms with Gasteiger partial charge in [0.1, 0.15) is 0 Å². The molecule has 2 aliphatic carbocycles. The predicted octanol–water partition coefficient (Wildman–Crippen LogP) is 0.728. The minimum absolute atomic E-state index is 0.0152. The number of nitrogens with one attached hydrogen (secondary N) is 1. The van der Waals surface area contributed by atoms with Gasteiger partial charge in [0.25, 0.3) is 0 Å². The molecule has 0 saturated heterocycles. The molecule has 1 amide bonds. The number of allylic oxidation sites excluding steroid dienone is 2. The number of amides is 1. The van der Waals surface area contributed by atoms with Crippen LogP contribution in [0.4, 0.5) is 0 Å². The maximum Gasteiger partial charge on any atom is 0.307 e. The van der Waals surface area contributed by atoms with Crippen LogP contribution in [0.25, 0.3) is 0 Å². The molecule has 4 atom stereocenters. The van der Waals surface area contributed by atoms with Crippen LogP contribution in [-0.4, -0.2) is 34.4 Å². The largest absolute Gasteiger partial charge is 0.481 e. The Bertz CT molecular complexity index is 460. The van der Waals surface area contributed by atoms with E-state index in [0.29, 0.717) is 5.17 Å². The second kappa shape index (κ2) is 4.42. The first-order valence-corrected chi connectivity index (χ1v) is 7.04. The number of carbonyl (C=O) groups excluding carboxylic acids is 1. The van der Waals surface area contributed by atoms with Crippen molar-refractivity contribution in [1.82, 2.24) is 5.32 Å². The van der Waals surface area contributed by atoms with Crippen molar-refractivity contribution in [2.24, 2.45) is 28.7 Å². The number of carbonyl (C=O) groups is 2. The molecule has 3 aliphatic rings. The van der Waals surface area contributed by atoms with E-state index in [4.69, 9.17) is 0 Å². The Kier molecular flexibility index (Phi) is 2.89. The Balaban J connectivity index is 1.76. The molecule has 2 bridgehead atoms. The maximum absolute atomic E-state index is 12.2. The molecule has 4 unspecified atom stereocenters. The first kappa shape index (κ1) is 11.8. The molecule has 18 heavy (non-hydrogen) atoms. The first-order valence-electron chi connectivity index (χ1n) is 6.06. The van der Waals surface area contributed by atoms with Gasteiger partial charge in [-0.25, -0.2) is 0 Å². The van der Waals surface area contributed by atoms with E-state index in [-0.39, 0.29) is 17.7 Å². The molecule has 0 aromatic carbocycles. The average molecular weight is 266 g/mol. The monoisotopic (exact) mass is 266 g/mol. The van der Waals surface area contributed by atoms with Crippen molar-refractivity contribution in [2.45, 2.75) is 6.42 Å². The SMILES string of the molecule is O=C(O)C1C2C=CC(C2)C1C(=O)NC1=NCCS1. The maximum atomic E-state index is 12.2. The summed E-state index contributed by atoms with van der Waals surface area (Å²) < 4.78 is 0. The van der Waals surface area contributed by atoms with Gasteiger partial charge < -0.3 is 10.4 Å². The van der Waals surface area contributed by atoms with Crippen molar-refractivity contribution in [3.05, 3.63) is 12.2 Å². The van der Waals surface area contributed by atoms with Gasteiger partial charge in [-0.3, -0.25) is 14.6 Å². The lowest BCUT2D eigenvalue weighted by atomic mass is 9.82. The molecule has 0 spiro atoms. The molecular weight excluding hydrogens is 252 g/mol. The van der Waals surface area contributed by atoms with Gasteiger partial charge in [-0.2, -0.15) is 0 Å².